The smallest absolute Gasteiger partial charge is 0.134 e. The predicted octanol–water partition coefficient (Wildman–Crippen LogP) is 3.36. The summed E-state index contributed by atoms with van der Waals surface area (Å²) in [5, 5.41) is 1.06. The summed E-state index contributed by atoms with van der Waals surface area (Å²) in [4.78, 5) is 0. The molecule has 0 aliphatic heterocycles. The van der Waals surface area contributed by atoms with Gasteiger partial charge in [-0.25, -0.2) is 0 Å². The van der Waals surface area contributed by atoms with E-state index in [1.165, 1.54) is 5.56 Å². The number of fused-ring (bicyclic) bond motifs is 1. The minimum absolute atomic E-state index is 0.555. The molecule has 2 aromatic rings. The highest BCUT2D eigenvalue weighted by Gasteiger charge is 2.01. The first kappa shape index (κ1) is 7.41. The van der Waals surface area contributed by atoms with Crippen molar-refractivity contribution in [2.75, 3.05) is 0 Å². The van der Waals surface area contributed by atoms with Crippen LogP contribution in [0.3, 0.4) is 0 Å². The number of hydrogen-bond acceptors (Lipinski definition) is 1. The van der Waals surface area contributed by atoms with Crippen LogP contribution >= 0.6 is 0 Å². The molecule has 0 amide bonds. The fourth-order valence-electron chi connectivity index (χ4n) is 1.27. The van der Waals surface area contributed by atoms with Crippen molar-refractivity contribution in [1.82, 2.24) is 0 Å². The van der Waals surface area contributed by atoms with Gasteiger partial charge in [-0.15, -0.1) is 0 Å². The van der Waals surface area contributed by atoms with Crippen molar-refractivity contribution in [2.45, 2.75) is 19.8 Å². The van der Waals surface area contributed by atoms with Crippen molar-refractivity contribution in [3.05, 3.63) is 36.1 Å². The second-order valence-corrected chi connectivity index (χ2v) is 3.29. The van der Waals surface area contributed by atoms with Crippen LogP contribution in [0.5, 0.6) is 0 Å². The lowest BCUT2D eigenvalue weighted by molar-refractivity contribution is 0.614. The molecule has 0 unspecified atom stereocenters. The average Bonchev–Trinajstić information content (AvgIpc) is 2.49. The maximum Gasteiger partial charge on any atom is 0.134 e. The number of benzene rings is 1. The third-order valence-electron chi connectivity index (χ3n) is 2.07. The Morgan fingerprint density at radius 1 is 1.33 bits per heavy atom. The van der Waals surface area contributed by atoms with Crippen LogP contribution in [0.15, 0.2) is 28.9 Å². The molecule has 0 N–H and O–H groups in total. The lowest BCUT2D eigenvalue weighted by Crippen LogP contribution is -1.84. The van der Waals surface area contributed by atoms with Crippen LogP contribution in [0.4, 0.5) is 0 Å². The summed E-state index contributed by atoms with van der Waals surface area (Å²) in [6.45, 7) is 4.35. The molecule has 0 aliphatic carbocycles. The first-order valence-electron chi connectivity index (χ1n) is 4.16. The summed E-state index contributed by atoms with van der Waals surface area (Å²) in [7, 11) is 0. The van der Waals surface area contributed by atoms with Gasteiger partial charge in [0.1, 0.15) is 5.58 Å². The molecule has 0 saturated heterocycles. The van der Waals surface area contributed by atoms with Gasteiger partial charge in [-0.1, -0.05) is 26.0 Å². The Kier molecular flexibility index (Phi) is 1.65. The van der Waals surface area contributed by atoms with Crippen LogP contribution in [0.25, 0.3) is 11.0 Å². The molecular formula is C11H11O. The number of rotatable bonds is 1. The summed E-state index contributed by atoms with van der Waals surface area (Å²) in [6, 6.07) is 9.27. The molecule has 0 fully saturated rings. The van der Waals surface area contributed by atoms with E-state index in [9.17, 15) is 0 Å². The quantitative estimate of drug-likeness (QED) is 0.621. The number of furan rings is 1. The van der Waals surface area contributed by atoms with Gasteiger partial charge in [-0.05, 0) is 17.5 Å². The van der Waals surface area contributed by atoms with Crippen molar-refractivity contribution in [3.63, 3.8) is 0 Å². The van der Waals surface area contributed by atoms with Gasteiger partial charge in [0, 0.05) is 11.5 Å². The summed E-state index contributed by atoms with van der Waals surface area (Å²) < 4.78 is 5.25. The SMILES string of the molecule is CC(C)c1ccc2[c]coc2c1. The van der Waals surface area contributed by atoms with Crippen molar-refractivity contribution >= 4 is 11.0 Å². The highest BCUT2D eigenvalue weighted by molar-refractivity contribution is 5.77. The topological polar surface area (TPSA) is 13.1 Å². The molecule has 1 heteroatoms. The summed E-state index contributed by atoms with van der Waals surface area (Å²) >= 11 is 0. The normalized spacial score (nSPS) is 11.2. The third kappa shape index (κ3) is 1.11. The Labute approximate surface area is 72.0 Å². The Morgan fingerprint density at radius 2 is 2.17 bits per heavy atom. The molecule has 61 valence electrons. The predicted molar refractivity (Wildman–Crippen MR) is 49.1 cm³/mol. The largest absolute Gasteiger partial charge is 0.464 e. The Morgan fingerprint density at radius 3 is 2.92 bits per heavy atom. The van der Waals surface area contributed by atoms with Crippen molar-refractivity contribution in [2.24, 2.45) is 0 Å². The summed E-state index contributed by atoms with van der Waals surface area (Å²) in [5.41, 5.74) is 2.24. The molecule has 0 aliphatic rings. The first-order valence-corrected chi connectivity index (χ1v) is 4.16. The Bertz CT molecular complexity index is 385. The van der Waals surface area contributed by atoms with E-state index < -0.39 is 0 Å². The van der Waals surface area contributed by atoms with Crippen LogP contribution in [0.2, 0.25) is 0 Å². The standard InChI is InChI=1S/C11H11O/c1-8(2)10-4-3-9-5-6-12-11(9)7-10/h3-4,6-8H,1-2H3. The van der Waals surface area contributed by atoms with Gasteiger partial charge < -0.3 is 4.42 Å². The summed E-state index contributed by atoms with van der Waals surface area (Å²) in [6.07, 6.45) is 1.61. The molecule has 1 radical (unpaired) electrons. The molecule has 0 spiro atoms. The highest BCUT2D eigenvalue weighted by atomic mass is 16.3. The molecule has 1 nitrogen and oxygen atoms in total. The molecule has 1 aromatic heterocycles. The lowest BCUT2D eigenvalue weighted by Gasteiger charge is -2.03. The second kappa shape index (κ2) is 2.67. The third-order valence-corrected chi connectivity index (χ3v) is 2.07. The molecule has 2 rings (SSSR count). The van der Waals surface area contributed by atoms with Crippen LogP contribution in [-0.2, 0) is 0 Å². The first-order chi connectivity index (χ1) is 5.77. The molecule has 1 heterocycles. The van der Waals surface area contributed by atoms with E-state index in [-0.39, 0.29) is 0 Å². The molecule has 0 atom stereocenters. The monoisotopic (exact) mass is 159 g/mol. The van der Waals surface area contributed by atoms with Crippen LogP contribution in [0.1, 0.15) is 25.3 Å². The molecule has 1 aromatic carbocycles. The molecule has 12 heavy (non-hydrogen) atoms. The van der Waals surface area contributed by atoms with E-state index in [4.69, 9.17) is 4.42 Å². The van der Waals surface area contributed by atoms with Crippen molar-refractivity contribution < 1.29 is 4.42 Å². The van der Waals surface area contributed by atoms with E-state index in [0.717, 1.165) is 11.0 Å². The summed E-state index contributed by atoms with van der Waals surface area (Å²) in [5.74, 6) is 0.555. The maximum absolute atomic E-state index is 5.25. The van der Waals surface area contributed by atoms with Crippen LogP contribution < -0.4 is 0 Å². The van der Waals surface area contributed by atoms with E-state index in [1.807, 2.05) is 6.07 Å². The second-order valence-electron chi connectivity index (χ2n) is 3.29. The minimum atomic E-state index is 0.555. The molecular weight excluding hydrogens is 148 g/mol. The highest BCUT2D eigenvalue weighted by Crippen LogP contribution is 2.21. The fourth-order valence-corrected chi connectivity index (χ4v) is 1.27. The van der Waals surface area contributed by atoms with E-state index in [1.54, 1.807) is 6.26 Å². The molecule has 0 bridgehead atoms. The van der Waals surface area contributed by atoms with E-state index in [0.29, 0.717) is 5.92 Å². The Hall–Kier alpha value is -1.24. The zero-order chi connectivity index (χ0) is 8.55. The maximum atomic E-state index is 5.25. The van der Waals surface area contributed by atoms with E-state index >= 15 is 0 Å². The number of hydrogen-bond donors (Lipinski definition) is 0. The average molecular weight is 159 g/mol. The van der Waals surface area contributed by atoms with Gasteiger partial charge >= 0.3 is 0 Å². The zero-order valence-corrected chi connectivity index (χ0v) is 7.29. The Balaban J connectivity index is 2.60. The van der Waals surface area contributed by atoms with Gasteiger partial charge in [0.15, 0.2) is 0 Å². The van der Waals surface area contributed by atoms with E-state index in [2.05, 4.69) is 32.0 Å². The zero-order valence-electron chi connectivity index (χ0n) is 7.29. The van der Waals surface area contributed by atoms with Gasteiger partial charge in [0.25, 0.3) is 0 Å². The molecule has 0 saturated carbocycles. The van der Waals surface area contributed by atoms with Crippen LogP contribution in [0, 0.1) is 6.07 Å². The minimum Gasteiger partial charge on any atom is -0.464 e. The lowest BCUT2D eigenvalue weighted by atomic mass is 10.0. The van der Waals surface area contributed by atoms with Crippen molar-refractivity contribution in [3.8, 4) is 0 Å². The van der Waals surface area contributed by atoms with Crippen LogP contribution in [-0.4, -0.2) is 0 Å². The van der Waals surface area contributed by atoms with Crippen molar-refractivity contribution in [1.29, 1.82) is 0 Å². The van der Waals surface area contributed by atoms with Gasteiger partial charge in [0.05, 0.1) is 6.26 Å². The van der Waals surface area contributed by atoms with Gasteiger partial charge in [-0.2, -0.15) is 0 Å². The van der Waals surface area contributed by atoms with Gasteiger partial charge in [-0.3, -0.25) is 0 Å². The fraction of sp³-hybridized carbons (Fsp3) is 0.273. The van der Waals surface area contributed by atoms with Gasteiger partial charge in [0.2, 0.25) is 0 Å².